The summed E-state index contributed by atoms with van der Waals surface area (Å²) >= 11 is 0. The Morgan fingerprint density at radius 1 is 1.53 bits per heavy atom. The Morgan fingerprint density at radius 2 is 2.18 bits per heavy atom. The normalized spacial score (nSPS) is 21.9. The van der Waals surface area contributed by atoms with Crippen LogP contribution in [0.1, 0.15) is 16.8 Å². The molecule has 1 aromatic carbocycles. The maximum atomic E-state index is 10.9. The van der Waals surface area contributed by atoms with Crippen LogP contribution in [0, 0.1) is 10.1 Å². The predicted molar refractivity (Wildman–Crippen MR) is 61.6 cm³/mol. The fraction of sp³-hybridized carbons (Fsp3) is 0.300. The van der Waals surface area contributed by atoms with Crippen LogP contribution in [0.15, 0.2) is 18.2 Å². The molecule has 0 spiro atoms. The Bertz CT molecular complexity index is 488. The molecule has 0 saturated heterocycles. The number of nitrogens with zero attached hydrogens (tertiary/aromatic N) is 1. The molecule has 1 saturated carbocycles. The summed E-state index contributed by atoms with van der Waals surface area (Å²) in [4.78, 5) is 21.2. The first-order valence-corrected chi connectivity index (χ1v) is 5.09. The first kappa shape index (κ1) is 11.3. The van der Waals surface area contributed by atoms with Gasteiger partial charge >= 0.3 is 0 Å². The summed E-state index contributed by atoms with van der Waals surface area (Å²) in [7, 11) is 0. The van der Waals surface area contributed by atoms with Gasteiger partial charge in [0.2, 0.25) is 5.91 Å². The van der Waals surface area contributed by atoms with Crippen LogP contribution in [0.3, 0.4) is 0 Å². The van der Waals surface area contributed by atoms with Crippen molar-refractivity contribution >= 4 is 17.3 Å². The van der Waals surface area contributed by atoms with Gasteiger partial charge < -0.3 is 16.8 Å². The van der Waals surface area contributed by atoms with Crippen molar-refractivity contribution < 1.29 is 9.72 Å². The highest BCUT2D eigenvalue weighted by Gasteiger charge is 2.34. The number of nitro benzene ring substituents is 1. The first-order chi connectivity index (χ1) is 7.99. The molecule has 5 N–H and O–H groups in total. The summed E-state index contributed by atoms with van der Waals surface area (Å²) < 4.78 is 0. The third-order valence-corrected chi connectivity index (χ3v) is 2.66. The first-order valence-electron chi connectivity index (χ1n) is 5.09. The van der Waals surface area contributed by atoms with E-state index in [0.717, 1.165) is 6.42 Å². The molecule has 1 aliphatic rings. The number of nitrogens with two attached hydrogens (primary N) is 2. The van der Waals surface area contributed by atoms with Gasteiger partial charge in [-0.05, 0) is 18.6 Å². The van der Waals surface area contributed by atoms with Crippen LogP contribution in [-0.2, 0) is 0 Å². The number of benzene rings is 1. The van der Waals surface area contributed by atoms with E-state index < -0.39 is 10.8 Å². The Balaban J connectivity index is 2.31. The average molecular weight is 236 g/mol. The van der Waals surface area contributed by atoms with E-state index in [2.05, 4.69) is 5.32 Å². The van der Waals surface area contributed by atoms with Crippen molar-refractivity contribution in [3.63, 3.8) is 0 Å². The molecule has 2 rings (SSSR count). The molecule has 7 nitrogen and oxygen atoms in total. The summed E-state index contributed by atoms with van der Waals surface area (Å²) in [6.07, 6.45) is 0.786. The maximum Gasteiger partial charge on any atom is 0.293 e. The molecular formula is C10H12N4O3. The summed E-state index contributed by atoms with van der Waals surface area (Å²) in [6, 6.07) is 4.19. The van der Waals surface area contributed by atoms with E-state index in [0.29, 0.717) is 5.69 Å². The van der Waals surface area contributed by atoms with E-state index in [1.807, 2.05) is 0 Å². The molecule has 2 unspecified atom stereocenters. The largest absolute Gasteiger partial charge is 0.375 e. The van der Waals surface area contributed by atoms with Gasteiger partial charge in [-0.25, -0.2) is 0 Å². The number of carbonyl (C=O) groups is 1. The smallest absolute Gasteiger partial charge is 0.293 e. The van der Waals surface area contributed by atoms with Crippen molar-refractivity contribution in [1.82, 2.24) is 0 Å². The van der Waals surface area contributed by atoms with Gasteiger partial charge in [0.05, 0.1) is 4.92 Å². The molecule has 0 heterocycles. The van der Waals surface area contributed by atoms with Gasteiger partial charge in [0.25, 0.3) is 5.69 Å². The zero-order valence-corrected chi connectivity index (χ0v) is 8.92. The lowest BCUT2D eigenvalue weighted by Crippen LogP contribution is -2.15. The SMILES string of the molecule is NC(=O)c1ccc(NC2CC2N)c([N+](=O)[O-])c1. The van der Waals surface area contributed by atoms with Crippen LogP contribution < -0.4 is 16.8 Å². The highest BCUT2D eigenvalue weighted by Crippen LogP contribution is 2.30. The fourth-order valence-corrected chi connectivity index (χ4v) is 1.54. The van der Waals surface area contributed by atoms with Gasteiger partial charge in [0.1, 0.15) is 5.69 Å². The molecule has 1 aliphatic carbocycles. The number of nitrogens with one attached hydrogen (secondary N) is 1. The van der Waals surface area contributed by atoms with Crippen LogP contribution in [0.4, 0.5) is 11.4 Å². The van der Waals surface area contributed by atoms with Crippen LogP contribution in [-0.4, -0.2) is 22.9 Å². The Kier molecular flexibility index (Phi) is 2.68. The highest BCUT2D eigenvalue weighted by molar-refractivity contribution is 5.94. The van der Waals surface area contributed by atoms with E-state index >= 15 is 0 Å². The molecule has 17 heavy (non-hydrogen) atoms. The number of hydrogen-bond donors (Lipinski definition) is 3. The molecule has 7 heteroatoms. The minimum atomic E-state index is -0.692. The third kappa shape index (κ3) is 2.34. The summed E-state index contributed by atoms with van der Waals surface area (Å²) in [6.45, 7) is 0. The second-order valence-electron chi connectivity index (χ2n) is 4.00. The van der Waals surface area contributed by atoms with Gasteiger partial charge in [-0.2, -0.15) is 0 Å². The number of hydrogen-bond acceptors (Lipinski definition) is 5. The minimum absolute atomic E-state index is 0.0328. The molecule has 0 radical (unpaired) electrons. The molecule has 0 aromatic heterocycles. The molecule has 1 aromatic rings. The Morgan fingerprint density at radius 3 is 2.65 bits per heavy atom. The van der Waals surface area contributed by atoms with Crippen molar-refractivity contribution in [3.05, 3.63) is 33.9 Å². The lowest BCUT2D eigenvalue weighted by atomic mass is 10.1. The van der Waals surface area contributed by atoms with Crippen LogP contribution >= 0.6 is 0 Å². The monoisotopic (exact) mass is 236 g/mol. The third-order valence-electron chi connectivity index (χ3n) is 2.66. The number of anilines is 1. The lowest BCUT2D eigenvalue weighted by Gasteiger charge is -2.06. The van der Waals surface area contributed by atoms with E-state index in [-0.39, 0.29) is 23.3 Å². The number of carbonyl (C=O) groups excluding carboxylic acids is 1. The van der Waals surface area contributed by atoms with Crippen molar-refractivity contribution in [2.75, 3.05) is 5.32 Å². The van der Waals surface area contributed by atoms with Crippen molar-refractivity contribution in [1.29, 1.82) is 0 Å². The standard InChI is InChI=1S/C10H12N4O3/c11-6-4-8(6)13-7-2-1-5(10(12)15)3-9(7)14(16)17/h1-3,6,8,13H,4,11H2,(H2,12,15). The van der Waals surface area contributed by atoms with Crippen molar-refractivity contribution in [2.24, 2.45) is 11.5 Å². The quantitative estimate of drug-likeness (QED) is 0.509. The van der Waals surface area contributed by atoms with Crippen molar-refractivity contribution in [3.8, 4) is 0 Å². The highest BCUT2D eigenvalue weighted by atomic mass is 16.6. The van der Waals surface area contributed by atoms with E-state index in [9.17, 15) is 14.9 Å². The Labute approximate surface area is 96.9 Å². The van der Waals surface area contributed by atoms with Crippen LogP contribution in [0.2, 0.25) is 0 Å². The summed E-state index contributed by atoms with van der Waals surface area (Å²) in [5.74, 6) is -0.692. The van der Waals surface area contributed by atoms with Crippen LogP contribution in [0.25, 0.3) is 0 Å². The van der Waals surface area contributed by atoms with Gasteiger partial charge in [0, 0.05) is 23.7 Å². The molecule has 1 amide bonds. The van der Waals surface area contributed by atoms with E-state index in [1.165, 1.54) is 18.2 Å². The maximum absolute atomic E-state index is 10.9. The second kappa shape index (κ2) is 4.02. The van der Waals surface area contributed by atoms with Gasteiger partial charge in [-0.15, -0.1) is 0 Å². The topological polar surface area (TPSA) is 124 Å². The van der Waals surface area contributed by atoms with Gasteiger partial charge in [-0.3, -0.25) is 14.9 Å². The van der Waals surface area contributed by atoms with Gasteiger partial charge in [-0.1, -0.05) is 0 Å². The molecule has 0 bridgehead atoms. The van der Waals surface area contributed by atoms with Crippen molar-refractivity contribution in [2.45, 2.75) is 18.5 Å². The minimum Gasteiger partial charge on any atom is -0.375 e. The van der Waals surface area contributed by atoms with E-state index in [1.54, 1.807) is 0 Å². The number of rotatable bonds is 4. The van der Waals surface area contributed by atoms with Crippen LogP contribution in [0.5, 0.6) is 0 Å². The molecule has 1 fully saturated rings. The second-order valence-corrected chi connectivity index (χ2v) is 4.00. The Hall–Kier alpha value is -2.15. The summed E-state index contributed by atoms with van der Waals surface area (Å²) in [5, 5.41) is 13.8. The zero-order chi connectivity index (χ0) is 12.6. The number of amides is 1. The molecular weight excluding hydrogens is 224 g/mol. The van der Waals surface area contributed by atoms with E-state index in [4.69, 9.17) is 11.5 Å². The molecule has 0 aliphatic heterocycles. The summed E-state index contributed by atoms with van der Waals surface area (Å²) in [5.41, 5.74) is 11.0. The average Bonchev–Trinajstić information content (AvgIpc) is 2.94. The number of primary amides is 1. The predicted octanol–water partition coefficient (Wildman–Crippen LogP) is 0.205. The molecule has 2 atom stereocenters. The van der Waals surface area contributed by atoms with Gasteiger partial charge in [0.15, 0.2) is 0 Å². The zero-order valence-electron chi connectivity index (χ0n) is 8.92. The fourth-order valence-electron chi connectivity index (χ4n) is 1.54. The lowest BCUT2D eigenvalue weighted by molar-refractivity contribution is -0.384. The number of nitro groups is 1. The molecule has 90 valence electrons.